The van der Waals surface area contributed by atoms with Crippen LogP contribution in [0.4, 0.5) is 0 Å². The Balaban J connectivity index is 3.33. The lowest BCUT2D eigenvalue weighted by atomic mass is 10.3. The van der Waals surface area contributed by atoms with Crippen LogP contribution in [0.25, 0.3) is 0 Å². The van der Waals surface area contributed by atoms with Crippen LogP contribution in [0.15, 0.2) is 0 Å². The van der Waals surface area contributed by atoms with E-state index in [0.717, 1.165) is 6.42 Å². The van der Waals surface area contributed by atoms with Crippen LogP contribution in [-0.4, -0.2) is 51.1 Å². The first-order chi connectivity index (χ1) is 6.22. The number of carboxylic acid groups (broad SMARTS) is 1. The number of carbonyl (C=O) groups is 1. The Labute approximate surface area is 78.0 Å². The molecule has 1 atom stereocenters. The summed E-state index contributed by atoms with van der Waals surface area (Å²) in [4.78, 5) is 10.5. The Hall–Kier alpha value is -0.650. The molecule has 0 aromatic heterocycles. The molecule has 78 valence electrons. The zero-order valence-electron chi connectivity index (χ0n) is 8.08. The molecule has 0 aliphatic rings. The van der Waals surface area contributed by atoms with Gasteiger partial charge in [0.2, 0.25) is 0 Å². The minimum atomic E-state index is -0.894. The molecule has 0 rings (SSSR count). The summed E-state index contributed by atoms with van der Waals surface area (Å²) in [5.74, 6) is -0.894. The number of hydrogen-bond acceptors (Lipinski definition) is 4. The fourth-order valence-corrected chi connectivity index (χ4v) is 0.785. The predicted octanol–water partition coefficient (Wildman–Crippen LogP) is -0.288. The van der Waals surface area contributed by atoms with Gasteiger partial charge in [0.1, 0.15) is 6.04 Å². The second-order valence-electron chi connectivity index (χ2n) is 2.60. The molecule has 0 bridgehead atoms. The highest BCUT2D eigenvalue weighted by Crippen LogP contribution is 1.88. The molecule has 0 saturated carbocycles. The summed E-state index contributed by atoms with van der Waals surface area (Å²) >= 11 is 0. The molecule has 0 radical (unpaired) electrons. The van der Waals surface area contributed by atoms with Crippen molar-refractivity contribution in [2.24, 2.45) is 0 Å². The van der Waals surface area contributed by atoms with Crippen molar-refractivity contribution < 1.29 is 19.4 Å². The Morgan fingerprint density at radius 2 is 2.23 bits per heavy atom. The molecule has 13 heavy (non-hydrogen) atoms. The van der Waals surface area contributed by atoms with Gasteiger partial charge in [-0.15, -0.1) is 0 Å². The second-order valence-corrected chi connectivity index (χ2v) is 2.60. The maximum atomic E-state index is 10.5. The normalized spacial score (nSPS) is 12.8. The molecule has 0 amide bonds. The van der Waals surface area contributed by atoms with Crippen LogP contribution < -0.4 is 5.32 Å². The van der Waals surface area contributed by atoms with Gasteiger partial charge in [-0.3, -0.25) is 4.79 Å². The van der Waals surface area contributed by atoms with E-state index < -0.39 is 12.0 Å². The van der Waals surface area contributed by atoms with Gasteiger partial charge in [-0.05, 0) is 13.5 Å². The van der Waals surface area contributed by atoms with Gasteiger partial charge in [0.05, 0.1) is 6.61 Å². The molecule has 0 aromatic carbocycles. The van der Waals surface area contributed by atoms with Crippen LogP contribution >= 0.6 is 0 Å². The third kappa shape index (κ3) is 6.51. The van der Waals surface area contributed by atoms with E-state index in [9.17, 15) is 4.79 Å². The van der Waals surface area contributed by atoms with E-state index in [1.165, 1.54) is 0 Å². The molecule has 0 aliphatic carbocycles. The number of nitrogens with one attached hydrogen (secondary N) is 1. The van der Waals surface area contributed by atoms with Gasteiger partial charge >= 0.3 is 5.97 Å². The highest BCUT2D eigenvalue weighted by molar-refractivity contribution is 5.73. The molecule has 0 aromatic rings. The van der Waals surface area contributed by atoms with Gasteiger partial charge in [0.15, 0.2) is 0 Å². The lowest BCUT2D eigenvalue weighted by Crippen LogP contribution is -2.38. The molecule has 0 fully saturated rings. The third-order valence-electron chi connectivity index (χ3n) is 1.57. The van der Waals surface area contributed by atoms with Crippen molar-refractivity contribution in [2.75, 3.05) is 34.0 Å². The molecular formula is C8H17NO4. The van der Waals surface area contributed by atoms with E-state index >= 15 is 0 Å². The van der Waals surface area contributed by atoms with Crippen molar-refractivity contribution in [3.8, 4) is 0 Å². The minimum Gasteiger partial charge on any atom is -0.480 e. The lowest BCUT2D eigenvalue weighted by Gasteiger charge is -2.11. The summed E-state index contributed by atoms with van der Waals surface area (Å²) in [7, 11) is 3.21. The van der Waals surface area contributed by atoms with Crippen molar-refractivity contribution in [3.05, 3.63) is 0 Å². The summed E-state index contributed by atoms with van der Waals surface area (Å²) in [5, 5.41) is 11.2. The number of aliphatic carboxylic acids is 1. The van der Waals surface area contributed by atoms with Crippen LogP contribution in [0.3, 0.4) is 0 Å². The summed E-state index contributed by atoms with van der Waals surface area (Å²) in [6.45, 7) is 1.35. The van der Waals surface area contributed by atoms with Crippen LogP contribution in [0, 0.1) is 0 Å². The molecule has 5 heteroatoms. The average molecular weight is 191 g/mol. The van der Waals surface area contributed by atoms with Crippen LogP contribution in [0.1, 0.15) is 6.42 Å². The molecule has 2 N–H and O–H groups in total. The van der Waals surface area contributed by atoms with Gasteiger partial charge in [0.25, 0.3) is 0 Å². The van der Waals surface area contributed by atoms with E-state index in [1.54, 1.807) is 14.2 Å². The van der Waals surface area contributed by atoms with E-state index in [-0.39, 0.29) is 6.61 Å². The lowest BCUT2D eigenvalue weighted by molar-refractivity contribution is -0.141. The Bertz CT molecular complexity index is 140. The van der Waals surface area contributed by atoms with E-state index in [4.69, 9.17) is 14.6 Å². The van der Waals surface area contributed by atoms with Gasteiger partial charge in [0, 0.05) is 20.3 Å². The van der Waals surface area contributed by atoms with Crippen LogP contribution in [-0.2, 0) is 14.3 Å². The van der Waals surface area contributed by atoms with Crippen molar-refractivity contribution in [1.82, 2.24) is 5.32 Å². The Morgan fingerprint density at radius 3 is 2.69 bits per heavy atom. The smallest absolute Gasteiger partial charge is 0.323 e. The van der Waals surface area contributed by atoms with E-state index in [1.807, 2.05) is 0 Å². The third-order valence-corrected chi connectivity index (χ3v) is 1.57. The monoisotopic (exact) mass is 191 g/mol. The van der Waals surface area contributed by atoms with Crippen molar-refractivity contribution in [2.45, 2.75) is 12.5 Å². The highest BCUT2D eigenvalue weighted by atomic mass is 16.5. The topological polar surface area (TPSA) is 67.8 Å². The number of methoxy groups -OCH3 is 1. The number of rotatable bonds is 8. The molecule has 1 unspecified atom stereocenters. The van der Waals surface area contributed by atoms with Crippen molar-refractivity contribution in [1.29, 1.82) is 0 Å². The zero-order chi connectivity index (χ0) is 10.1. The first kappa shape index (κ1) is 12.3. The number of ether oxygens (including phenoxy) is 2. The van der Waals surface area contributed by atoms with Gasteiger partial charge < -0.3 is 19.9 Å². The standard InChI is InChI=1S/C8H17NO4/c1-9-7(8(10)11)6-13-5-3-4-12-2/h7,9H,3-6H2,1-2H3,(H,10,11). The molecule has 0 heterocycles. The number of hydrogen-bond donors (Lipinski definition) is 2. The SMILES string of the molecule is CNC(COCCCOC)C(=O)O. The van der Waals surface area contributed by atoms with Gasteiger partial charge in [-0.1, -0.05) is 0 Å². The van der Waals surface area contributed by atoms with Crippen molar-refractivity contribution in [3.63, 3.8) is 0 Å². The fourth-order valence-electron chi connectivity index (χ4n) is 0.785. The molecular weight excluding hydrogens is 174 g/mol. The maximum Gasteiger partial charge on any atom is 0.323 e. The molecule has 5 nitrogen and oxygen atoms in total. The maximum absolute atomic E-state index is 10.5. The number of carboxylic acids is 1. The molecule has 0 aliphatic heterocycles. The highest BCUT2D eigenvalue weighted by Gasteiger charge is 2.13. The summed E-state index contributed by atoms with van der Waals surface area (Å²) in [6.07, 6.45) is 0.784. The first-order valence-corrected chi connectivity index (χ1v) is 4.19. The fraction of sp³-hybridized carbons (Fsp3) is 0.875. The largest absolute Gasteiger partial charge is 0.480 e. The quantitative estimate of drug-likeness (QED) is 0.516. The molecule has 0 spiro atoms. The number of likely N-dealkylation sites (N-methyl/N-ethyl adjacent to an activating group) is 1. The summed E-state index contributed by atoms with van der Waals surface area (Å²) < 4.78 is 9.94. The average Bonchev–Trinajstić information content (AvgIpc) is 2.10. The van der Waals surface area contributed by atoms with E-state index in [2.05, 4.69) is 5.32 Å². The van der Waals surface area contributed by atoms with Gasteiger partial charge in [-0.25, -0.2) is 0 Å². The first-order valence-electron chi connectivity index (χ1n) is 4.19. The van der Waals surface area contributed by atoms with Crippen LogP contribution in [0.5, 0.6) is 0 Å². The predicted molar refractivity (Wildman–Crippen MR) is 47.8 cm³/mol. The summed E-state index contributed by atoms with van der Waals surface area (Å²) in [6, 6.07) is -0.623. The Kier molecular flexibility index (Phi) is 7.57. The minimum absolute atomic E-state index is 0.190. The Morgan fingerprint density at radius 1 is 1.54 bits per heavy atom. The van der Waals surface area contributed by atoms with Crippen molar-refractivity contribution >= 4 is 5.97 Å². The molecule has 0 saturated heterocycles. The van der Waals surface area contributed by atoms with E-state index in [0.29, 0.717) is 13.2 Å². The second kappa shape index (κ2) is 7.97. The zero-order valence-corrected chi connectivity index (χ0v) is 8.08. The van der Waals surface area contributed by atoms with Crippen LogP contribution in [0.2, 0.25) is 0 Å². The van der Waals surface area contributed by atoms with Gasteiger partial charge in [-0.2, -0.15) is 0 Å². The summed E-state index contributed by atoms with van der Waals surface area (Å²) in [5.41, 5.74) is 0.